The maximum absolute atomic E-state index is 13.2. The summed E-state index contributed by atoms with van der Waals surface area (Å²) in [5.74, 6) is 0.308. The summed E-state index contributed by atoms with van der Waals surface area (Å²) in [6, 6.07) is 15.8. The number of carbonyl (C=O) groups excluding carboxylic acids is 1. The minimum atomic E-state index is -0.282. The molecular weight excluding hydrogens is 445 g/mol. The number of amides is 1. The average Bonchev–Trinajstić information content (AvgIpc) is 3.35. The van der Waals surface area contributed by atoms with Crippen LogP contribution in [0.5, 0.6) is 0 Å². The molecule has 176 valence electrons. The standard InChI is InChI=1S/C26H24FN7O/c1-15-4-7-19(22-10-16(2)24-25(28)29-14-30-34(22)24)12-21(15)26(35)31-23-11-17(3)33(32-23)13-18-5-8-20(27)9-6-18/h4-12,14H,13H2,1-3H3,(H2,28,29,30)(H,31,32,35). The number of aromatic nitrogens is 5. The summed E-state index contributed by atoms with van der Waals surface area (Å²) >= 11 is 0. The molecule has 5 rings (SSSR count). The van der Waals surface area contributed by atoms with Gasteiger partial charge in [-0.3, -0.25) is 9.48 Å². The highest BCUT2D eigenvalue weighted by Gasteiger charge is 2.17. The molecule has 0 aliphatic carbocycles. The quantitative estimate of drug-likeness (QED) is 0.393. The number of nitrogen functional groups attached to an aromatic ring is 1. The van der Waals surface area contributed by atoms with Crippen molar-refractivity contribution >= 4 is 23.1 Å². The molecular formula is C26H24FN7O. The summed E-state index contributed by atoms with van der Waals surface area (Å²) < 4.78 is 16.7. The van der Waals surface area contributed by atoms with Crippen molar-refractivity contribution in [2.24, 2.45) is 0 Å². The summed E-state index contributed by atoms with van der Waals surface area (Å²) in [4.78, 5) is 17.3. The van der Waals surface area contributed by atoms with Crippen LogP contribution in [0.3, 0.4) is 0 Å². The van der Waals surface area contributed by atoms with Crippen LogP contribution in [0.4, 0.5) is 16.0 Å². The molecule has 0 atom stereocenters. The Balaban J connectivity index is 1.42. The second kappa shape index (κ2) is 8.68. The average molecular weight is 470 g/mol. The Morgan fingerprint density at radius 3 is 2.57 bits per heavy atom. The highest BCUT2D eigenvalue weighted by atomic mass is 19.1. The molecule has 8 nitrogen and oxygen atoms in total. The fourth-order valence-corrected chi connectivity index (χ4v) is 4.16. The second-order valence-electron chi connectivity index (χ2n) is 8.56. The molecule has 0 fully saturated rings. The molecule has 2 aromatic carbocycles. The number of rotatable bonds is 5. The number of carbonyl (C=O) groups is 1. The molecule has 0 spiro atoms. The number of benzene rings is 2. The summed E-state index contributed by atoms with van der Waals surface area (Å²) in [6.45, 7) is 6.22. The lowest BCUT2D eigenvalue weighted by Gasteiger charge is -2.09. The fourth-order valence-electron chi connectivity index (χ4n) is 4.16. The van der Waals surface area contributed by atoms with Crippen LogP contribution in [-0.2, 0) is 6.54 Å². The Morgan fingerprint density at radius 1 is 1.03 bits per heavy atom. The number of halogens is 1. The molecule has 0 radical (unpaired) electrons. The lowest BCUT2D eigenvalue weighted by molar-refractivity contribution is 0.102. The van der Waals surface area contributed by atoms with Gasteiger partial charge < -0.3 is 11.1 Å². The molecule has 3 N–H and O–H groups in total. The highest BCUT2D eigenvalue weighted by Crippen LogP contribution is 2.29. The monoisotopic (exact) mass is 469 g/mol. The highest BCUT2D eigenvalue weighted by molar-refractivity contribution is 6.05. The zero-order valence-corrected chi connectivity index (χ0v) is 19.6. The van der Waals surface area contributed by atoms with Crippen LogP contribution in [0.25, 0.3) is 16.8 Å². The molecule has 0 aliphatic heterocycles. The van der Waals surface area contributed by atoms with Gasteiger partial charge in [-0.05, 0) is 61.7 Å². The van der Waals surface area contributed by atoms with E-state index >= 15 is 0 Å². The van der Waals surface area contributed by atoms with E-state index in [9.17, 15) is 9.18 Å². The molecule has 1 amide bonds. The van der Waals surface area contributed by atoms with Gasteiger partial charge in [0.25, 0.3) is 5.91 Å². The van der Waals surface area contributed by atoms with E-state index in [0.717, 1.165) is 39.2 Å². The van der Waals surface area contributed by atoms with E-state index < -0.39 is 0 Å². The first-order valence-corrected chi connectivity index (χ1v) is 11.1. The van der Waals surface area contributed by atoms with Gasteiger partial charge in [-0.15, -0.1) is 0 Å². The lowest BCUT2D eigenvalue weighted by Crippen LogP contribution is -2.14. The zero-order valence-electron chi connectivity index (χ0n) is 19.6. The summed E-state index contributed by atoms with van der Waals surface area (Å²) in [5, 5.41) is 11.8. The third-order valence-electron chi connectivity index (χ3n) is 6.02. The third kappa shape index (κ3) is 4.23. The van der Waals surface area contributed by atoms with Gasteiger partial charge in [0, 0.05) is 22.9 Å². The Hall–Kier alpha value is -4.53. The Labute approximate surface area is 201 Å². The van der Waals surface area contributed by atoms with Gasteiger partial charge >= 0.3 is 0 Å². The van der Waals surface area contributed by atoms with Crippen molar-refractivity contribution < 1.29 is 9.18 Å². The van der Waals surface area contributed by atoms with Gasteiger partial charge in [0.15, 0.2) is 11.6 Å². The number of hydrogen-bond acceptors (Lipinski definition) is 5. The van der Waals surface area contributed by atoms with Crippen molar-refractivity contribution in [2.45, 2.75) is 27.3 Å². The summed E-state index contributed by atoms with van der Waals surface area (Å²) in [6.07, 6.45) is 1.41. The molecule has 35 heavy (non-hydrogen) atoms. The fraction of sp³-hybridized carbons (Fsp3) is 0.154. The smallest absolute Gasteiger partial charge is 0.257 e. The second-order valence-corrected chi connectivity index (χ2v) is 8.56. The number of nitrogens with two attached hydrogens (primary N) is 1. The van der Waals surface area contributed by atoms with Crippen molar-refractivity contribution in [1.82, 2.24) is 24.4 Å². The predicted molar refractivity (Wildman–Crippen MR) is 133 cm³/mol. The van der Waals surface area contributed by atoms with Crippen LogP contribution in [0, 0.1) is 26.6 Å². The van der Waals surface area contributed by atoms with Gasteiger partial charge in [-0.2, -0.15) is 10.2 Å². The van der Waals surface area contributed by atoms with Gasteiger partial charge in [-0.25, -0.2) is 13.9 Å². The molecule has 5 aromatic rings. The minimum Gasteiger partial charge on any atom is -0.382 e. The van der Waals surface area contributed by atoms with E-state index in [1.165, 1.54) is 18.5 Å². The van der Waals surface area contributed by atoms with Gasteiger partial charge in [0.1, 0.15) is 17.7 Å². The predicted octanol–water partition coefficient (Wildman–Crippen LogP) is 4.54. The Morgan fingerprint density at radius 2 is 1.80 bits per heavy atom. The number of hydrogen-bond donors (Lipinski definition) is 2. The van der Waals surface area contributed by atoms with Crippen molar-refractivity contribution in [3.05, 3.63) is 94.7 Å². The number of aryl methyl sites for hydroxylation is 3. The molecule has 9 heteroatoms. The number of fused-ring (bicyclic) bond motifs is 1. The molecule has 3 heterocycles. The summed E-state index contributed by atoms with van der Waals surface area (Å²) in [5.41, 5.74) is 12.6. The first-order valence-electron chi connectivity index (χ1n) is 11.1. The molecule has 0 bridgehead atoms. The van der Waals surface area contributed by atoms with E-state index in [-0.39, 0.29) is 11.7 Å². The van der Waals surface area contributed by atoms with Crippen LogP contribution < -0.4 is 11.1 Å². The van der Waals surface area contributed by atoms with Crippen molar-refractivity contribution in [2.75, 3.05) is 11.1 Å². The van der Waals surface area contributed by atoms with Crippen molar-refractivity contribution in [3.63, 3.8) is 0 Å². The van der Waals surface area contributed by atoms with Gasteiger partial charge in [0.05, 0.1) is 12.2 Å². The van der Waals surface area contributed by atoms with E-state index in [1.54, 1.807) is 21.3 Å². The molecule has 0 aliphatic rings. The van der Waals surface area contributed by atoms with Crippen LogP contribution in [0.1, 0.15) is 32.7 Å². The van der Waals surface area contributed by atoms with Crippen molar-refractivity contribution in [3.8, 4) is 11.3 Å². The first-order chi connectivity index (χ1) is 16.8. The molecule has 0 saturated heterocycles. The maximum atomic E-state index is 13.2. The zero-order chi connectivity index (χ0) is 24.7. The van der Waals surface area contributed by atoms with E-state index in [0.29, 0.717) is 23.7 Å². The van der Waals surface area contributed by atoms with E-state index in [1.807, 2.05) is 51.1 Å². The lowest BCUT2D eigenvalue weighted by atomic mass is 10.0. The minimum absolute atomic E-state index is 0.262. The summed E-state index contributed by atoms with van der Waals surface area (Å²) in [7, 11) is 0. The number of nitrogens with one attached hydrogen (secondary N) is 1. The first kappa shape index (κ1) is 22.3. The SMILES string of the molecule is Cc1ccc(-c2cc(C)c3c(N)ncnn23)cc1C(=O)Nc1cc(C)n(Cc2ccc(F)cc2)n1. The number of anilines is 2. The molecule has 3 aromatic heterocycles. The Kier molecular flexibility index (Phi) is 5.52. The van der Waals surface area contributed by atoms with Crippen LogP contribution in [0.2, 0.25) is 0 Å². The largest absolute Gasteiger partial charge is 0.382 e. The molecule has 0 unspecified atom stereocenters. The third-order valence-corrected chi connectivity index (χ3v) is 6.02. The van der Waals surface area contributed by atoms with Gasteiger partial charge in [0.2, 0.25) is 0 Å². The van der Waals surface area contributed by atoms with Gasteiger partial charge in [-0.1, -0.05) is 24.3 Å². The van der Waals surface area contributed by atoms with Crippen LogP contribution >= 0.6 is 0 Å². The molecule has 0 saturated carbocycles. The van der Waals surface area contributed by atoms with E-state index in [2.05, 4.69) is 20.5 Å². The Bertz CT molecular complexity index is 1570. The van der Waals surface area contributed by atoms with E-state index in [4.69, 9.17) is 5.73 Å². The maximum Gasteiger partial charge on any atom is 0.257 e. The normalized spacial score (nSPS) is 11.2. The topological polar surface area (TPSA) is 103 Å². The van der Waals surface area contributed by atoms with Crippen molar-refractivity contribution in [1.29, 1.82) is 0 Å². The van der Waals surface area contributed by atoms with Crippen LogP contribution in [0.15, 0.2) is 60.9 Å². The number of nitrogens with zero attached hydrogens (tertiary/aromatic N) is 5. The van der Waals surface area contributed by atoms with Crippen LogP contribution in [-0.4, -0.2) is 30.3 Å².